The van der Waals surface area contributed by atoms with E-state index >= 15 is 0 Å². The molecule has 2 heterocycles. The second-order valence-corrected chi connectivity index (χ2v) is 4.64. The molecule has 0 atom stereocenters. The van der Waals surface area contributed by atoms with Gasteiger partial charge >= 0.3 is 5.97 Å². The van der Waals surface area contributed by atoms with Crippen molar-refractivity contribution >= 4 is 29.1 Å². The molecule has 0 spiro atoms. The summed E-state index contributed by atoms with van der Waals surface area (Å²) in [5.41, 5.74) is 0.756. The zero-order valence-corrected chi connectivity index (χ0v) is 9.66. The number of carboxylic acids is 1. The summed E-state index contributed by atoms with van der Waals surface area (Å²) in [5.74, 6) is -0.371. The van der Waals surface area contributed by atoms with Gasteiger partial charge in [-0.1, -0.05) is 11.8 Å². The predicted molar refractivity (Wildman–Crippen MR) is 60.7 cm³/mol. The Morgan fingerprint density at radius 2 is 2.44 bits per heavy atom. The van der Waals surface area contributed by atoms with Gasteiger partial charge < -0.3 is 5.11 Å². The van der Waals surface area contributed by atoms with Crippen LogP contribution in [0.2, 0.25) is 0 Å². The summed E-state index contributed by atoms with van der Waals surface area (Å²) in [6, 6.07) is 1.80. The topological polar surface area (TPSA) is 76.0 Å². The number of carboxylic acid groups (broad SMARTS) is 1. The van der Waals surface area contributed by atoms with Crippen molar-refractivity contribution in [3.63, 3.8) is 0 Å². The minimum absolute atomic E-state index is 0.123. The fraction of sp³-hybridized carbons (Fsp3) is 0.111. The van der Waals surface area contributed by atoms with Crippen molar-refractivity contribution in [3.05, 3.63) is 34.7 Å². The number of thiazole rings is 1. The Hall–Kier alpha value is -1.47. The number of aromatic nitrogens is 3. The highest BCUT2D eigenvalue weighted by atomic mass is 32.2. The highest BCUT2D eigenvalue weighted by Gasteiger charge is 2.08. The molecule has 82 valence electrons. The van der Waals surface area contributed by atoms with Gasteiger partial charge in [-0.25, -0.2) is 19.7 Å². The van der Waals surface area contributed by atoms with Crippen molar-refractivity contribution < 1.29 is 9.90 Å². The standard InChI is InChI=1S/C9H7N3O2S2/c13-9(14)8-12-6(4-16-8)3-15-7-1-2-10-5-11-7/h1-2,4-5H,3H2,(H,13,14). The van der Waals surface area contributed by atoms with E-state index in [0.717, 1.165) is 22.1 Å². The lowest BCUT2D eigenvalue weighted by Crippen LogP contribution is -1.95. The smallest absolute Gasteiger partial charge is 0.365 e. The molecule has 0 unspecified atom stereocenters. The van der Waals surface area contributed by atoms with Crippen LogP contribution in [-0.4, -0.2) is 26.0 Å². The summed E-state index contributed by atoms with van der Waals surface area (Å²) in [6.07, 6.45) is 3.14. The average molecular weight is 253 g/mol. The first kappa shape index (κ1) is 11.0. The molecular weight excluding hydrogens is 246 g/mol. The third-order valence-electron chi connectivity index (χ3n) is 1.66. The van der Waals surface area contributed by atoms with Crippen LogP contribution in [0.3, 0.4) is 0 Å². The second kappa shape index (κ2) is 5.04. The Bertz CT molecular complexity index is 487. The molecule has 16 heavy (non-hydrogen) atoms. The number of thioether (sulfide) groups is 1. The molecule has 0 aliphatic carbocycles. The van der Waals surface area contributed by atoms with Crippen molar-refractivity contribution in [2.45, 2.75) is 10.8 Å². The fourth-order valence-corrected chi connectivity index (χ4v) is 2.47. The zero-order chi connectivity index (χ0) is 11.4. The quantitative estimate of drug-likeness (QED) is 0.662. The highest BCUT2D eigenvalue weighted by molar-refractivity contribution is 7.98. The van der Waals surface area contributed by atoms with E-state index in [1.165, 1.54) is 18.1 Å². The van der Waals surface area contributed by atoms with E-state index in [-0.39, 0.29) is 5.01 Å². The molecule has 0 amide bonds. The van der Waals surface area contributed by atoms with Gasteiger partial charge in [-0.3, -0.25) is 0 Å². The molecule has 0 aromatic carbocycles. The maximum absolute atomic E-state index is 10.6. The van der Waals surface area contributed by atoms with Crippen LogP contribution in [0.25, 0.3) is 0 Å². The Morgan fingerprint density at radius 3 is 3.06 bits per heavy atom. The molecule has 2 aromatic rings. The van der Waals surface area contributed by atoms with Crippen molar-refractivity contribution in [2.24, 2.45) is 0 Å². The number of rotatable bonds is 4. The molecule has 2 aromatic heterocycles. The second-order valence-electron chi connectivity index (χ2n) is 2.79. The molecule has 0 aliphatic rings. The lowest BCUT2D eigenvalue weighted by atomic mass is 10.6. The molecule has 0 aliphatic heterocycles. The Balaban J connectivity index is 1.97. The van der Waals surface area contributed by atoms with Crippen LogP contribution in [-0.2, 0) is 5.75 Å². The Morgan fingerprint density at radius 1 is 1.56 bits per heavy atom. The third-order valence-corrected chi connectivity index (χ3v) is 3.51. The lowest BCUT2D eigenvalue weighted by Gasteiger charge is -1.96. The summed E-state index contributed by atoms with van der Waals surface area (Å²) >= 11 is 2.63. The average Bonchev–Trinajstić information content (AvgIpc) is 2.76. The third kappa shape index (κ3) is 2.77. The summed E-state index contributed by atoms with van der Waals surface area (Å²) in [4.78, 5) is 22.4. The number of hydrogen-bond acceptors (Lipinski definition) is 6. The van der Waals surface area contributed by atoms with Gasteiger partial charge in [0.05, 0.1) is 10.7 Å². The van der Waals surface area contributed by atoms with Gasteiger partial charge in [0.25, 0.3) is 0 Å². The van der Waals surface area contributed by atoms with Crippen molar-refractivity contribution in [1.82, 2.24) is 15.0 Å². The van der Waals surface area contributed by atoms with Gasteiger partial charge in [-0.05, 0) is 6.07 Å². The SMILES string of the molecule is O=C(O)c1nc(CSc2ccncn2)cs1. The Kier molecular flexibility index (Phi) is 3.47. The number of aromatic carboxylic acids is 1. The van der Waals surface area contributed by atoms with E-state index in [1.807, 2.05) is 0 Å². The van der Waals surface area contributed by atoms with Gasteiger partial charge in [0.15, 0.2) is 0 Å². The largest absolute Gasteiger partial charge is 0.476 e. The van der Waals surface area contributed by atoms with E-state index in [1.54, 1.807) is 17.6 Å². The first-order chi connectivity index (χ1) is 7.75. The van der Waals surface area contributed by atoms with E-state index in [9.17, 15) is 4.79 Å². The van der Waals surface area contributed by atoms with Crippen LogP contribution in [0, 0.1) is 0 Å². The summed E-state index contributed by atoms with van der Waals surface area (Å²) < 4.78 is 0. The van der Waals surface area contributed by atoms with Crippen LogP contribution in [0.4, 0.5) is 0 Å². The Labute approximate surface area is 99.6 Å². The fourth-order valence-electron chi connectivity index (χ4n) is 0.983. The molecular formula is C9H7N3O2S2. The number of hydrogen-bond donors (Lipinski definition) is 1. The van der Waals surface area contributed by atoms with Gasteiger partial charge in [-0.2, -0.15) is 0 Å². The van der Waals surface area contributed by atoms with E-state index in [4.69, 9.17) is 5.11 Å². The summed E-state index contributed by atoms with van der Waals surface area (Å²) in [5, 5.41) is 11.4. The molecule has 0 radical (unpaired) electrons. The first-order valence-electron chi connectivity index (χ1n) is 4.32. The van der Waals surface area contributed by atoms with Crippen LogP contribution >= 0.6 is 23.1 Å². The van der Waals surface area contributed by atoms with Gasteiger partial charge in [-0.15, -0.1) is 11.3 Å². The first-order valence-corrected chi connectivity index (χ1v) is 6.19. The molecule has 0 bridgehead atoms. The molecule has 0 saturated heterocycles. The monoisotopic (exact) mass is 253 g/mol. The molecule has 5 nitrogen and oxygen atoms in total. The molecule has 0 fully saturated rings. The van der Waals surface area contributed by atoms with Crippen molar-refractivity contribution in [3.8, 4) is 0 Å². The van der Waals surface area contributed by atoms with Crippen LogP contribution in [0.15, 0.2) is 29.0 Å². The maximum Gasteiger partial charge on any atom is 0.365 e. The summed E-state index contributed by atoms with van der Waals surface area (Å²) in [6.45, 7) is 0. The predicted octanol–water partition coefficient (Wildman–Crippen LogP) is 1.92. The normalized spacial score (nSPS) is 10.2. The van der Waals surface area contributed by atoms with E-state index in [0.29, 0.717) is 5.75 Å². The maximum atomic E-state index is 10.6. The highest BCUT2D eigenvalue weighted by Crippen LogP contribution is 2.21. The van der Waals surface area contributed by atoms with Gasteiger partial charge in [0, 0.05) is 17.3 Å². The van der Waals surface area contributed by atoms with Crippen LogP contribution in [0.1, 0.15) is 15.5 Å². The minimum atomic E-state index is -0.983. The number of nitrogens with zero attached hydrogens (tertiary/aromatic N) is 3. The van der Waals surface area contributed by atoms with Gasteiger partial charge in [0.1, 0.15) is 6.33 Å². The van der Waals surface area contributed by atoms with Gasteiger partial charge in [0.2, 0.25) is 5.01 Å². The zero-order valence-electron chi connectivity index (χ0n) is 8.03. The molecule has 0 saturated carbocycles. The molecule has 7 heteroatoms. The van der Waals surface area contributed by atoms with Crippen molar-refractivity contribution in [2.75, 3.05) is 0 Å². The molecule has 1 N–H and O–H groups in total. The van der Waals surface area contributed by atoms with Crippen molar-refractivity contribution in [1.29, 1.82) is 0 Å². The van der Waals surface area contributed by atoms with E-state index < -0.39 is 5.97 Å². The minimum Gasteiger partial charge on any atom is -0.476 e. The van der Waals surface area contributed by atoms with Crippen LogP contribution < -0.4 is 0 Å². The molecule has 2 rings (SSSR count). The van der Waals surface area contributed by atoms with Crippen LogP contribution in [0.5, 0.6) is 0 Å². The van der Waals surface area contributed by atoms with E-state index in [2.05, 4.69) is 15.0 Å². The summed E-state index contributed by atoms with van der Waals surface area (Å²) in [7, 11) is 0. The lowest BCUT2D eigenvalue weighted by molar-refractivity contribution is 0.0696. The number of carbonyl (C=O) groups is 1.